The number of carbonyl (C=O) groups excluding carboxylic acids is 4. The third kappa shape index (κ3) is 2.93. The Balaban J connectivity index is 1.60. The van der Waals surface area contributed by atoms with Crippen LogP contribution in [0, 0.1) is 29.4 Å². The first kappa shape index (κ1) is 25.0. The Morgan fingerprint density at radius 2 is 1.61 bits per heavy atom. The van der Waals surface area contributed by atoms with Crippen molar-refractivity contribution in [2.24, 2.45) is 17.8 Å². The number of hydroxylamine groups is 2. The van der Waals surface area contributed by atoms with Crippen LogP contribution in [0.2, 0.25) is 0 Å². The molecule has 2 aromatic carbocycles. The van der Waals surface area contributed by atoms with E-state index in [0.717, 1.165) is 23.1 Å². The van der Waals surface area contributed by atoms with Gasteiger partial charge in [0, 0.05) is 11.5 Å². The lowest BCUT2D eigenvalue weighted by atomic mass is 9.56. The Hall–Kier alpha value is -3.34. The van der Waals surface area contributed by atoms with E-state index in [-0.39, 0.29) is 29.2 Å². The second-order valence-electron chi connectivity index (χ2n) is 9.92. The molecular weight excluding hydrogens is 545 g/mol. The largest absolute Gasteiger partial charge is 0.505 e. The zero-order chi connectivity index (χ0) is 27.3. The van der Waals surface area contributed by atoms with Gasteiger partial charge in [0.15, 0.2) is 21.3 Å². The molecule has 2 aromatic rings. The van der Waals surface area contributed by atoms with Gasteiger partial charge in [-0.25, -0.2) is 13.7 Å². The average molecular weight is 563 g/mol. The number of phenols is 1. The van der Waals surface area contributed by atoms with Crippen molar-refractivity contribution in [2.75, 3.05) is 4.90 Å². The molecule has 2 aliphatic carbocycles. The molecule has 8 nitrogen and oxygen atoms in total. The van der Waals surface area contributed by atoms with Crippen LogP contribution in [0.5, 0.6) is 5.75 Å². The molecule has 0 aromatic heterocycles. The maximum Gasteiger partial charge on any atom is 0.258 e. The molecule has 12 heteroatoms. The fourth-order valence-corrected chi connectivity index (χ4v) is 7.42. The third-order valence-corrected chi connectivity index (χ3v) is 9.62. The smallest absolute Gasteiger partial charge is 0.258 e. The lowest BCUT2D eigenvalue weighted by Gasteiger charge is -2.50. The number of halogens is 4. The lowest BCUT2D eigenvalue weighted by Crippen LogP contribution is -2.60. The minimum Gasteiger partial charge on any atom is -0.505 e. The van der Waals surface area contributed by atoms with E-state index < -0.39 is 74.4 Å². The van der Waals surface area contributed by atoms with Crippen molar-refractivity contribution in [1.29, 1.82) is 0 Å². The van der Waals surface area contributed by atoms with Crippen LogP contribution < -0.4 is 4.90 Å². The van der Waals surface area contributed by atoms with Crippen LogP contribution in [-0.2, 0) is 19.2 Å². The molecule has 0 spiro atoms. The normalized spacial score (nSPS) is 34.3. The number of para-hydroxylation sites is 1. The van der Waals surface area contributed by atoms with Crippen molar-refractivity contribution in [3.63, 3.8) is 0 Å². The van der Waals surface area contributed by atoms with E-state index in [1.54, 1.807) is 6.08 Å². The van der Waals surface area contributed by atoms with Crippen molar-refractivity contribution in [2.45, 2.75) is 28.5 Å². The lowest BCUT2D eigenvalue weighted by molar-refractivity contribution is -0.173. The van der Waals surface area contributed by atoms with Crippen molar-refractivity contribution in [1.82, 2.24) is 5.06 Å². The molecule has 4 amide bonds. The number of benzene rings is 2. The van der Waals surface area contributed by atoms with E-state index in [1.807, 2.05) is 0 Å². The summed E-state index contributed by atoms with van der Waals surface area (Å²) in [4.78, 5) is 49.6. The highest BCUT2D eigenvalue weighted by Crippen LogP contribution is 2.66. The molecular formula is C26H18Cl2F2N2O6. The topological polar surface area (TPSA) is 115 Å². The first-order valence-electron chi connectivity index (χ1n) is 11.7. The highest BCUT2D eigenvalue weighted by molar-refractivity contribution is 6.58. The van der Waals surface area contributed by atoms with E-state index in [9.17, 15) is 38.3 Å². The number of phenolic OH excluding ortho intramolecular Hbond substituents is 1. The standard InChI is InChI=1S/C26H18Cl2F2N2O6/c27-25-10-16-13(8-9-14-18(16)22(35)32(38)21(14)34)19(15-2-1-3-17(30)20(15)33)26(25,28)24(37)31(23(25)36)12-6-4-11(29)5-7-12/h1-8,14,16,18-19,33,38H,9-10H2. The number of anilines is 1. The number of rotatable bonds is 2. The van der Waals surface area contributed by atoms with Gasteiger partial charge in [-0.3, -0.25) is 24.4 Å². The number of nitrogens with zero attached hydrogens (tertiary/aromatic N) is 2. The molecule has 38 heavy (non-hydrogen) atoms. The van der Waals surface area contributed by atoms with E-state index in [1.165, 1.54) is 24.3 Å². The monoisotopic (exact) mass is 562 g/mol. The van der Waals surface area contributed by atoms with Gasteiger partial charge in [0.25, 0.3) is 23.6 Å². The van der Waals surface area contributed by atoms with Gasteiger partial charge < -0.3 is 5.11 Å². The Labute approximate surface area is 224 Å². The molecule has 6 atom stereocenters. The summed E-state index contributed by atoms with van der Waals surface area (Å²) in [6, 6.07) is 8.09. The van der Waals surface area contributed by atoms with Crippen LogP contribution in [0.3, 0.4) is 0 Å². The second-order valence-corrected chi connectivity index (χ2v) is 11.2. The number of carbonyl (C=O) groups is 4. The molecule has 196 valence electrons. The Morgan fingerprint density at radius 1 is 0.921 bits per heavy atom. The maximum absolute atomic E-state index is 14.6. The summed E-state index contributed by atoms with van der Waals surface area (Å²) in [5.74, 6) is -10.5. The Bertz CT molecular complexity index is 1480. The van der Waals surface area contributed by atoms with Gasteiger partial charge in [-0.1, -0.05) is 23.8 Å². The number of fused-ring (bicyclic) bond motifs is 4. The van der Waals surface area contributed by atoms with Gasteiger partial charge in [0.2, 0.25) is 0 Å². The number of hydrogen-bond acceptors (Lipinski definition) is 6. The zero-order valence-corrected chi connectivity index (χ0v) is 20.8. The van der Waals surface area contributed by atoms with Gasteiger partial charge in [0.1, 0.15) is 5.82 Å². The molecule has 1 saturated carbocycles. The predicted octanol–water partition coefficient (Wildman–Crippen LogP) is 3.62. The summed E-state index contributed by atoms with van der Waals surface area (Å²) in [6.07, 6.45) is 1.20. The van der Waals surface area contributed by atoms with Crippen LogP contribution >= 0.6 is 23.2 Å². The van der Waals surface area contributed by atoms with Crippen LogP contribution in [0.25, 0.3) is 0 Å². The molecule has 6 rings (SSSR count). The molecule has 0 radical (unpaired) electrons. The molecule has 2 N–H and O–H groups in total. The van der Waals surface area contributed by atoms with Crippen molar-refractivity contribution >= 4 is 52.5 Å². The van der Waals surface area contributed by atoms with Crippen molar-refractivity contribution < 1.29 is 38.3 Å². The van der Waals surface area contributed by atoms with Gasteiger partial charge in [-0.15, -0.1) is 23.2 Å². The SMILES string of the molecule is O=C1C2CC=C3C(CC4(Cl)C(=O)N(c5ccc(F)cc5)C(=O)C4(Cl)C3c3cccc(F)c3O)C2C(=O)N1O. The quantitative estimate of drug-likeness (QED) is 0.250. The number of aromatic hydroxyl groups is 1. The van der Waals surface area contributed by atoms with Gasteiger partial charge in [-0.05, 0) is 49.1 Å². The number of alkyl halides is 2. The van der Waals surface area contributed by atoms with E-state index in [0.29, 0.717) is 5.57 Å². The number of allylic oxidation sites excluding steroid dienone is 2. The number of imide groups is 2. The number of hydrogen-bond donors (Lipinski definition) is 2. The molecule has 2 aliphatic heterocycles. The van der Waals surface area contributed by atoms with Crippen LogP contribution in [-0.4, -0.2) is 48.8 Å². The summed E-state index contributed by atoms with van der Waals surface area (Å²) in [6.45, 7) is 0. The van der Waals surface area contributed by atoms with Crippen LogP contribution in [0.1, 0.15) is 24.3 Å². The second kappa shape index (κ2) is 8.08. The molecule has 3 fully saturated rings. The summed E-state index contributed by atoms with van der Waals surface area (Å²) in [5.41, 5.74) is 0.165. The summed E-state index contributed by atoms with van der Waals surface area (Å²) >= 11 is 14.1. The first-order chi connectivity index (χ1) is 17.9. The molecule has 0 bridgehead atoms. The summed E-state index contributed by atoms with van der Waals surface area (Å²) in [5, 5.41) is 20.8. The van der Waals surface area contributed by atoms with Gasteiger partial charge in [0.05, 0.1) is 17.5 Å². The van der Waals surface area contributed by atoms with Crippen molar-refractivity contribution in [3.8, 4) is 5.75 Å². The maximum atomic E-state index is 14.6. The molecule has 2 heterocycles. The highest BCUT2D eigenvalue weighted by atomic mass is 35.5. The highest BCUT2D eigenvalue weighted by Gasteiger charge is 2.77. The summed E-state index contributed by atoms with van der Waals surface area (Å²) < 4.78 is 28.2. The fourth-order valence-electron chi connectivity index (χ4n) is 6.49. The fraction of sp³-hybridized carbons (Fsp3) is 0.308. The molecule has 4 aliphatic rings. The number of amides is 4. The van der Waals surface area contributed by atoms with E-state index in [2.05, 4.69) is 0 Å². The summed E-state index contributed by atoms with van der Waals surface area (Å²) in [7, 11) is 0. The van der Waals surface area contributed by atoms with E-state index in [4.69, 9.17) is 23.2 Å². The van der Waals surface area contributed by atoms with Gasteiger partial charge in [-0.2, -0.15) is 5.06 Å². The van der Waals surface area contributed by atoms with Crippen molar-refractivity contribution in [3.05, 3.63) is 71.3 Å². The van der Waals surface area contributed by atoms with Gasteiger partial charge >= 0.3 is 0 Å². The molecule has 6 unspecified atom stereocenters. The Morgan fingerprint density at radius 3 is 2.29 bits per heavy atom. The minimum absolute atomic E-state index is 0.00320. The zero-order valence-electron chi connectivity index (χ0n) is 19.3. The minimum atomic E-state index is -2.30. The van der Waals surface area contributed by atoms with E-state index >= 15 is 0 Å². The predicted molar refractivity (Wildman–Crippen MR) is 128 cm³/mol. The average Bonchev–Trinajstić information content (AvgIpc) is 3.20. The van der Waals surface area contributed by atoms with Crippen LogP contribution in [0.4, 0.5) is 14.5 Å². The first-order valence-corrected chi connectivity index (χ1v) is 12.5. The van der Waals surface area contributed by atoms with Crippen LogP contribution in [0.15, 0.2) is 54.1 Å². The Kier molecular flexibility index (Phi) is 5.31. The third-order valence-electron chi connectivity index (χ3n) is 8.20. The molecule has 2 saturated heterocycles.